The number of β-amino-alcohol motifs (C(OH)–C–C–N with tert-alkyl or cyclic N) is 2. The van der Waals surface area contributed by atoms with Crippen LogP contribution in [0.3, 0.4) is 0 Å². The maximum absolute atomic E-state index is 10.5. The van der Waals surface area contributed by atoms with E-state index in [0.29, 0.717) is 0 Å². The average Bonchev–Trinajstić information content (AvgIpc) is 2.74. The van der Waals surface area contributed by atoms with Crippen LogP contribution < -0.4 is 10.6 Å². The monoisotopic (exact) mass is 624 g/mol. The molecule has 0 spiro atoms. The molecule has 0 heterocycles. The minimum Gasteiger partial charge on any atom is -0.352 e. The lowest BCUT2D eigenvalue weighted by Crippen LogP contribution is -2.62. The maximum atomic E-state index is 10.5. The summed E-state index contributed by atoms with van der Waals surface area (Å²) in [5.41, 5.74) is -0.387. The summed E-state index contributed by atoms with van der Waals surface area (Å²) >= 11 is 0. The van der Waals surface area contributed by atoms with Gasteiger partial charge in [-0.2, -0.15) is 0 Å². The third kappa shape index (κ3) is 47.8. The van der Waals surface area contributed by atoms with E-state index < -0.39 is 21.6 Å². The summed E-state index contributed by atoms with van der Waals surface area (Å²) in [5, 5.41) is 27.4. The van der Waals surface area contributed by atoms with Crippen LogP contribution in [0.4, 0.5) is 0 Å². The molecule has 0 fully saturated rings. The molecule has 0 aliphatic heterocycles. The molecule has 14 heteroatoms. The Morgan fingerprint density at radius 2 is 0.800 bits per heavy atom. The van der Waals surface area contributed by atoms with Crippen molar-refractivity contribution in [2.24, 2.45) is 0 Å². The Morgan fingerprint density at radius 3 is 1.12 bits per heavy atom. The van der Waals surface area contributed by atoms with Crippen molar-refractivity contribution in [3.05, 3.63) is 0 Å². The topological polar surface area (TPSA) is 220 Å². The molecule has 0 radical (unpaired) electrons. The first-order chi connectivity index (χ1) is 18.0. The van der Waals surface area contributed by atoms with E-state index in [9.17, 15) is 10.2 Å². The second kappa shape index (κ2) is 23.5. The van der Waals surface area contributed by atoms with Gasteiger partial charge in [0.05, 0.1) is 6.54 Å². The predicted octanol–water partition coefficient (Wildman–Crippen LogP) is 4.79. The van der Waals surface area contributed by atoms with Crippen molar-refractivity contribution in [1.82, 2.24) is 10.6 Å². The second-order valence-corrected chi connectivity index (χ2v) is 13.9. The van der Waals surface area contributed by atoms with Crippen molar-refractivity contribution in [1.29, 1.82) is 0 Å². The van der Waals surface area contributed by atoms with E-state index in [2.05, 4.69) is 52.2 Å². The number of hydrogen-bond donors (Lipinski definition) is 10. The van der Waals surface area contributed by atoms with E-state index in [1.54, 1.807) is 0 Å². The normalized spacial score (nSPS) is 12.8. The Kier molecular flexibility index (Phi) is 26.2. The van der Waals surface area contributed by atoms with Crippen LogP contribution in [0.1, 0.15) is 144 Å². The molecule has 246 valence electrons. The van der Waals surface area contributed by atoms with Crippen LogP contribution in [0.2, 0.25) is 0 Å². The Balaban J connectivity index is -0.00000116. The molecule has 0 saturated carbocycles. The second-order valence-electron chi connectivity index (χ2n) is 11.8. The molecule has 0 amide bonds. The zero-order valence-electron chi connectivity index (χ0n) is 25.8. The third-order valence-corrected chi connectivity index (χ3v) is 6.16. The zero-order valence-corrected chi connectivity index (χ0v) is 27.6. The van der Waals surface area contributed by atoms with Gasteiger partial charge in [0.25, 0.3) is 0 Å². The number of rotatable bonds is 21. The highest BCUT2D eigenvalue weighted by Gasteiger charge is 2.32. The van der Waals surface area contributed by atoms with Crippen molar-refractivity contribution < 1.29 is 48.7 Å². The summed E-state index contributed by atoms with van der Waals surface area (Å²) in [5.74, 6) is -1.89. The largest absolute Gasteiger partial charge is 0.466 e. The van der Waals surface area contributed by atoms with Gasteiger partial charge >= 0.3 is 15.6 Å². The summed E-state index contributed by atoms with van der Waals surface area (Å²) in [6, 6.07) is 0. The molecule has 0 bridgehead atoms. The highest BCUT2D eigenvalue weighted by molar-refractivity contribution is 7.45. The van der Waals surface area contributed by atoms with E-state index in [1.165, 1.54) is 83.5 Å². The quantitative estimate of drug-likeness (QED) is 0.0473. The highest BCUT2D eigenvalue weighted by atomic mass is 31.2. The average molecular weight is 625 g/mol. The van der Waals surface area contributed by atoms with Crippen LogP contribution in [0.15, 0.2) is 0 Å². The summed E-state index contributed by atoms with van der Waals surface area (Å²) in [4.78, 5) is 43.1. The first-order valence-corrected chi connectivity index (χ1v) is 17.7. The Morgan fingerprint density at radius 1 is 0.525 bits per heavy atom. The number of hydrogen-bond acceptors (Lipinski definition) is 6. The van der Waals surface area contributed by atoms with Crippen molar-refractivity contribution in [3.63, 3.8) is 0 Å². The van der Waals surface area contributed by atoms with E-state index in [4.69, 9.17) is 38.5 Å². The summed E-state index contributed by atoms with van der Waals surface area (Å²) in [6.45, 7) is 13.1. The van der Waals surface area contributed by atoms with Gasteiger partial charge in [0, 0.05) is 11.1 Å². The summed E-state index contributed by atoms with van der Waals surface area (Å²) in [6.07, 6.45) is 20.0. The lowest BCUT2D eigenvalue weighted by molar-refractivity contribution is -0.197. The molecule has 0 saturated heterocycles. The summed E-state index contributed by atoms with van der Waals surface area (Å²) < 4.78 is 17.8. The van der Waals surface area contributed by atoms with Crippen LogP contribution in [0.5, 0.6) is 0 Å². The van der Waals surface area contributed by atoms with Crippen LogP contribution in [-0.2, 0) is 9.13 Å². The molecule has 0 rings (SSSR count). The van der Waals surface area contributed by atoms with Crippen LogP contribution in [-0.4, -0.2) is 63.1 Å². The molecule has 12 nitrogen and oxygen atoms in total. The Bertz CT molecular complexity index is 646. The van der Waals surface area contributed by atoms with Gasteiger partial charge in [0.1, 0.15) is 0 Å². The lowest BCUT2D eigenvalue weighted by Gasteiger charge is -2.37. The molecule has 0 atom stereocenters. The molecule has 0 unspecified atom stereocenters. The molecular weight excluding hydrogens is 562 g/mol. The minimum atomic E-state index is -4.64. The fourth-order valence-electron chi connectivity index (χ4n) is 4.15. The fourth-order valence-corrected chi connectivity index (χ4v) is 4.15. The summed E-state index contributed by atoms with van der Waals surface area (Å²) in [7, 11) is -9.28. The molecule has 10 N–H and O–H groups in total. The van der Waals surface area contributed by atoms with Gasteiger partial charge in [-0.15, -0.1) is 0 Å². The van der Waals surface area contributed by atoms with Crippen molar-refractivity contribution >= 4 is 15.6 Å². The molecular formula is C26H62N2O10P2. The zero-order chi connectivity index (χ0) is 31.9. The van der Waals surface area contributed by atoms with Gasteiger partial charge in [-0.05, 0) is 40.5 Å². The van der Waals surface area contributed by atoms with E-state index in [-0.39, 0.29) is 17.6 Å². The van der Waals surface area contributed by atoms with E-state index >= 15 is 0 Å². The van der Waals surface area contributed by atoms with Crippen molar-refractivity contribution in [2.45, 2.75) is 161 Å². The molecule has 0 aliphatic rings. The van der Waals surface area contributed by atoms with Gasteiger partial charge in [0.15, 0.2) is 0 Å². The van der Waals surface area contributed by atoms with Gasteiger partial charge in [0.2, 0.25) is 5.91 Å². The van der Waals surface area contributed by atoms with Crippen LogP contribution >= 0.6 is 15.6 Å². The smallest absolute Gasteiger partial charge is 0.352 e. The lowest BCUT2D eigenvalue weighted by atomic mass is 9.94. The number of unbranched alkanes of at least 4 members (excludes halogenated alkanes) is 12. The number of nitrogens with one attached hydrogen (secondary N) is 2. The minimum absolute atomic E-state index is 0.0928. The van der Waals surface area contributed by atoms with Gasteiger partial charge in [-0.3, -0.25) is 5.32 Å². The maximum Gasteiger partial charge on any atom is 0.466 e. The van der Waals surface area contributed by atoms with Gasteiger partial charge in [-0.25, -0.2) is 9.13 Å². The molecule has 40 heavy (non-hydrogen) atoms. The highest BCUT2D eigenvalue weighted by Crippen LogP contribution is 2.26. The fraction of sp³-hybridized carbons (Fsp3) is 1.00. The number of phosphoric acid groups is 2. The van der Waals surface area contributed by atoms with Gasteiger partial charge in [-0.1, -0.05) is 104 Å². The van der Waals surface area contributed by atoms with Gasteiger partial charge < -0.3 is 44.9 Å². The van der Waals surface area contributed by atoms with Crippen molar-refractivity contribution in [2.75, 3.05) is 6.54 Å². The van der Waals surface area contributed by atoms with E-state index in [0.717, 1.165) is 19.3 Å². The standard InChI is InChI=1S/C26H56N2O2.2H3O4P/c1-7-9-11-13-15-17-19-21-24(3,4)27-23-26(29,30)28-25(5,6)22-20-18-16-14-12-10-8-2;2*1-5(2,3)4/h27-30H,7-23H2,1-6H3;2*(H3,1,2,3,4). The molecule has 0 aliphatic carbocycles. The van der Waals surface area contributed by atoms with Crippen LogP contribution in [0.25, 0.3) is 0 Å². The van der Waals surface area contributed by atoms with E-state index in [1.807, 2.05) is 0 Å². The number of aliphatic hydroxyl groups is 2. The first kappa shape index (κ1) is 44.5. The first-order valence-electron chi connectivity index (χ1n) is 14.6. The third-order valence-electron chi connectivity index (χ3n) is 6.16. The predicted molar refractivity (Wildman–Crippen MR) is 160 cm³/mol. The van der Waals surface area contributed by atoms with Crippen LogP contribution in [0, 0.1) is 0 Å². The molecule has 0 aromatic carbocycles. The SMILES string of the molecule is CCCCCCCCCC(C)(C)NCC(O)(O)NC(C)(C)CCCCCCCCC.O=P(O)(O)O.O=P(O)(O)O. The van der Waals surface area contributed by atoms with Crippen molar-refractivity contribution in [3.8, 4) is 0 Å². The Labute approximate surface area is 242 Å². The Hall–Kier alpha value is 0.0600. The molecule has 0 aromatic heterocycles. The molecule has 0 aromatic rings.